The molecule has 0 nitrogen and oxygen atoms in total. The van der Waals surface area contributed by atoms with Gasteiger partial charge in [0, 0.05) is 0 Å². The van der Waals surface area contributed by atoms with Crippen molar-refractivity contribution in [1.82, 2.24) is 0 Å². The molecule has 0 fully saturated rings. The summed E-state index contributed by atoms with van der Waals surface area (Å²) in [6.07, 6.45) is 0. The lowest BCUT2D eigenvalue weighted by Gasteiger charge is -2.36. The van der Waals surface area contributed by atoms with E-state index in [9.17, 15) is 0 Å². The summed E-state index contributed by atoms with van der Waals surface area (Å²) in [5, 5.41) is 19.1. The summed E-state index contributed by atoms with van der Waals surface area (Å²) in [5.74, 6) is 0. The fraction of sp³-hybridized carbons (Fsp3) is 0.0625. The molecule has 0 spiro atoms. The van der Waals surface area contributed by atoms with Crippen LogP contribution in [0, 0.1) is 27.7 Å². The summed E-state index contributed by atoms with van der Waals surface area (Å²) in [5.41, 5.74) is 7.61. The lowest BCUT2D eigenvalue weighted by Crippen LogP contribution is -2.75. The molecule has 0 bridgehead atoms. The molecule has 2 unspecified atom stereocenters. The Kier molecular flexibility index (Phi) is 10.6. The summed E-state index contributed by atoms with van der Waals surface area (Å²) in [6, 6.07) is 92.9. The minimum atomic E-state index is -2.97. The number of aryl methyl sites for hydroxylation is 4. The summed E-state index contributed by atoms with van der Waals surface area (Å²) >= 11 is 0. The highest BCUT2D eigenvalue weighted by Gasteiger charge is 2.45. The van der Waals surface area contributed by atoms with Crippen molar-refractivity contribution in [3.8, 4) is 11.1 Å². The topological polar surface area (TPSA) is 0 Å². The molecular formula is C64H52Si2. The van der Waals surface area contributed by atoms with E-state index in [-0.39, 0.29) is 0 Å². The fourth-order valence-electron chi connectivity index (χ4n) is 11.3. The van der Waals surface area contributed by atoms with Gasteiger partial charge in [-0.05, 0) is 129 Å². The Morgan fingerprint density at radius 1 is 0.212 bits per heavy atom. The van der Waals surface area contributed by atoms with Gasteiger partial charge in [0.25, 0.3) is 0 Å². The Balaban J connectivity index is 1.12. The van der Waals surface area contributed by atoms with Gasteiger partial charge in [-0.25, -0.2) is 0 Å². The second-order valence-corrected chi connectivity index (χ2v) is 25.7. The maximum Gasteiger partial charge on any atom is 0.180 e. The Morgan fingerprint density at radius 2 is 0.530 bits per heavy atom. The molecule has 0 N–H and O–H groups in total. The predicted octanol–water partition coefficient (Wildman–Crippen LogP) is 10.8. The van der Waals surface area contributed by atoms with Crippen molar-refractivity contribution in [3.63, 3.8) is 0 Å². The van der Waals surface area contributed by atoms with Crippen LogP contribution >= 0.6 is 0 Å². The molecule has 11 aromatic carbocycles. The quantitative estimate of drug-likeness (QED) is 0.100. The van der Waals surface area contributed by atoms with Gasteiger partial charge < -0.3 is 0 Å². The third-order valence-corrected chi connectivity index (χ3v) is 24.2. The normalized spacial score (nSPS) is 13.4. The molecule has 0 aliphatic heterocycles. The highest BCUT2D eigenvalue weighted by atomic mass is 28.3. The zero-order valence-electron chi connectivity index (χ0n) is 38.1. The lowest BCUT2D eigenvalue weighted by atomic mass is 10.1. The third kappa shape index (κ3) is 6.63. The van der Waals surface area contributed by atoms with Crippen LogP contribution in [0.3, 0.4) is 0 Å². The average Bonchev–Trinajstić information content (AvgIpc) is 3.37. The zero-order chi connectivity index (χ0) is 44.8. The van der Waals surface area contributed by atoms with E-state index >= 15 is 0 Å². The monoisotopic (exact) mass is 876 g/mol. The summed E-state index contributed by atoms with van der Waals surface area (Å²) in [7, 11) is -5.80. The van der Waals surface area contributed by atoms with Crippen LogP contribution in [0.5, 0.6) is 0 Å². The summed E-state index contributed by atoms with van der Waals surface area (Å²) in [4.78, 5) is 0. The Bertz CT molecular complexity index is 3500. The van der Waals surface area contributed by atoms with E-state index in [1.165, 1.54) is 107 Å². The molecule has 0 amide bonds. The SMILES string of the molecule is Cc1ccc([Si](c2ccccc2)(c2ccc(-c3ccc([Si](c4ccccc4)(c4cccc5c(C)cccc45)c4ccc(C)c5ccccc45)cc3)cc2)c2cccc3c(C)cccc23)cc1. The van der Waals surface area contributed by atoms with Crippen LogP contribution in [0.25, 0.3) is 43.4 Å². The van der Waals surface area contributed by atoms with Crippen LogP contribution in [0.1, 0.15) is 22.3 Å². The minimum absolute atomic E-state index is 1.21. The molecule has 2 atom stereocenters. The lowest BCUT2D eigenvalue weighted by molar-refractivity contribution is 1.49. The van der Waals surface area contributed by atoms with Crippen LogP contribution in [0.2, 0.25) is 0 Å². The first-order chi connectivity index (χ1) is 32.4. The molecule has 0 saturated carbocycles. The predicted molar refractivity (Wildman–Crippen MR) is 291 cm³/mol. The molecular weight excluding hydrogens is 825 g/mol. The van der Waals surface area contributed by atoms with Crippen molar-refractivity contribution < 1.29 is 0 Å². The Morgan fingerprint density at radius 3 is 1.03 bits per heavy atom. The van der Waals surface area contributed by atoms with Gasteiger partial charge >= 0.3 is 0 Å². The smallest absolute Gasteiger partial charge is 0.0623 e. The Labute approximate surface area is 391 Å². The molecule has 0 aliphatic carbocycles. The molecule has 0 heterocycles. The van der Waals surface area contributed by atoms with Crippen molar-refractivity contribution in [1.29, 1.82) is 0 Å². The minimum Gasteiger partial charge on any atom is -0.0623 e. The van der Waals surface area contributed by atoms with Crippen molar-refractivity contribution in [2.24, 2.45) is 0 Å². The molecule has 0 aromatic heterocycles. The van der Waals surface area contributed by atoms with Crippen LogP contribution in [-0.4, -0.2) is 16.1 Å². The highest BCUT2D eigenvalue weighted by molar-refractivity contribution is 7.22. The van der Waals surface area contributed by atoms with Crippen molar-refractivity contribution >= 4 is 90.0 Å². The van der Waals surface area contributed by atoms with Gasteiger partial charge in [-0.2, -0.15) is 0 Å². The highest BCUT2D eigenvalue weighted by Crippen LogP contribution is 2.27. The van der Waals surface area contributed by atoms with E-state index in [1.54, 1.807) is 0 Å². The first-order valence-electron chi connectivity index (χ1n) is 23.2. The van der Waals surface area contributed by atoms with Crippen LogP contribution in [0.15, 0.2) is 243 Å². The number of benzene rings is 11. The van der Waals surface area contributed by atoms with E-state index < -0.39 is 16.1 Å². The molecule has 316 valence electrons. The number of hydrogen-bond acceptors (Lipinski definition) is 0. The van der Waals surface area contributed by atoms with Crippen LogP contribution < -0.4 is 41.5 Å². The maximum atomic E-state index is 2.46. The van der Waals surface area contributed by atoms with Gasteiger partial charge in [0.2, 0.25) is 0 Å². The Hall–Kier alpha value is -7.37. The first kappa shape index (κ1) is 41.3. The summed E-state index contributed by atoms with van der Waals surface area (Å²) < 4.78 is 0. The van der Waals surface area contributed by atoms with Gasteiger partial charge in [0.05, 0.1) is 0 Å². The first-order valence-corrected chi connectivity index (χ1v) is 27.2. The third-order valence-electron chi connectivity index (χ3n) is 14.5. The number of hydrogen-bond donors (Lipinski definition) is 0. The van der Waals surface area contributed by atoms with E-state index in [1.807, 2.05) is 0 Å². The standard InChI is InChI=1S/C64H52Si2/c1-45-31-38-53(39-32-45)65(51-19-7-5-8-20-51,62-29-15-25-57-46(2)17-13-27-60(57)62)54-40-34-49(35-41-54)50-36-42-55(43-37-50)66(52-21-9-6-10-22-52,63-30-16-26-58-47(3)18-14-28-61(58)63)64-44-33-48(4)56-23-11-12-24-59(56)64/h5-44H,1-4H3. The largest absolute Gasteiger partial charge is 0.180 e. The van der Waals surface area contributed by atoms with Gasteiger partial charge in [-0.3, -0.25) is 0 Å². The summed E-state index contributed by atoms with van der Waals surface area (Å²) in [6.45, 7) is 8.92. The fourth-order valence-corrected chi connectivity index (χ4v) is 21.3. The molecule has 0 saturated heterocycles. The molecule has 2 heteroatoms. The second-order valence-electron chi connectivity index (χ2n) is 18.2. The van der Waals surface area contributed by atoms with E-state index in [4.69, 9.17) is 0 Å². The van der Waals surface area contributed by atoms with Gasteiger partial charge in [-0.1, -0.05) is 248 Å². The van der Waals surface area contributed by atoms with Gasteiger partial charge in [0.1, 0.15) is 0 Å². The van der Waals surface area contributed by atoms with E-state index in [0.29, 0.717) is 0 Å². The van der Waals surface area contributed by atoms with Crippen molar-refractivity contribution in [3.05, 3.63) is 265 Å². The second kappa shape index (κ2) is 16.9. The van der Waals surface area contributed by atoms with Crippen molar-refractivity contribution in [2.45, 2.75) is 27.7 Å². The number of rotatable bonds is 9. The van der Waals surface area contributed by atoms with Gasteiger partial charge in [0.15, 0.2) is 16.1 Å². The van der Waals surface area contributed by atoms with E-state index in [2.05, 4.69) is 270 Å². The van der Waals surface area contributed by atoms with E-state index in [0.717, 1.165) is 0 Å². The molecule has 11 rings (SSSR count). The molecule has 0 aliphatic rings. The van der Waals surface area contributed by atoms with Crippen LogP contribution in [-0.2, 0) is 0 Å². The average molecular weight is 877 g/mol. The molecule has 11 aromatic rings. The van der Waals surface area contributed by atoms with Crippen molar-refractivity contribution in [2.75, 3.05) is 0 Å². The van der Waals surface area contributed by atoms with Crippen LogP contribution in [0.4, 0.5) is 0 Å². The number of fused-ring (bicyclic) bond motifs is 3. The van der Waals surface area contributed by atoms with Gasteiger partial charge in [-0.15, -0.1) is 0 Å². The maximum absolute atomic E-state index is 2.97. The molecule has 66 heavy (non-hydrogen) atoms. The zero-order valence-corrected chi connectivity index (χ0v) is 40.1. The molecule has 0 radical (unpaired) electrons.